The zero-order chi connectivity index (χ0) is 50.0. The van der Waals surface area contributed by atoms with Gasteiger partial charge in [-0.15, -0.1) is 0 Å². The van der Waals surface area contributed by atoms with Crippen LogP contribution in [0.4, 0.5) is 0 Å². The largest absolute Gasteiger partial charge is 0.462 e. The van der Waals surface area contributed by atoms with Crippen LogP contribution in [-0.4, -0.2) is 37.2 Å². The summed E-state index contributed by atoms with van der Waals surface area (Å²) in [6.45, 7) is 6.58. The van der Waals surface area contributed by atoms with E-state index in [9.17, 15) is 14.4 Å². The molecule has 6 heteroatoms. The molecular formula is C63H110O6. The molecule has 0 rings (SSSR count). The van der Waals surface area contributed by atoms with Crippen molar-refractivity contribution in [1.82, 2.24) is 0 Å². The van der Waals surface area contributed by atoms with Crippen molar-refractivity contribution in [2.45, 2.75) is 297 Å². The minimum atomic E-state index is -0.789. The lowest BCUT2D eigenvalue weighted by Crippen LogP contribution is -2.30. The number of hydrogen-bond donors (Lipinski definition) is 0. The Morgan fingerprint density at radius 1 is 0.290 bits per heavy atom. The van der Waals surface area contributed by atoms with Gasteiger partial charge >= 0.3 is 17.9 Å². The molecule has 0 aromatic carbocycles. The molecule has 0 saturated heterocycles. The van der Waals surface area contributed by atoms with Crippen LogP contribution in [0.2, 0.25) is 0 Å². The van der Waals surface area contributed by atoms with Crippen LogP contribution in [-0.2, 0) is 28.6 Å². The molecule has 0 aliphatic rings. The maximum Gasteiger partial charge on any atom is 0.306 e. The fraction of sp³-hybridized carbons (Fsp3) is 0.762. The van der Waals surface area contributed by atoms with E-state index < -0.39 is 6.10 Å². The van der Waals surface area contributed by atoms with Gasteiger partial charge in [-0.3, -0.25) is 14.4 Å². The zero-order valence-electron chi connectivity index (χ0n) is 45.6. The SMILES string of the molecule is CCCCC/C=C\C/C=C\CCCCCCCCCC(=O)OC(COC(=O)CCCCCCC/C=C\CCCCCC)COC(=O)CCCCCCCC/C=C\C/C=C\C/C=C\CCCCCCC. The van der Waals surface area contributed by atoms with Crippen LogP contribution >= 0.6 is 0 Å². The second-order valence-corrected chi connectivity index (χ2v) is 19.5. The number of unbranched alkanes of at least 4 members (excludes halogenated alkanes) is 30. The minimum absolute atomic E-state index is 0.0869. The molecule has 0 heterocycles. The predicted molar refractivity (Wildman–Crippen MR) is 298 cm³/mol. The first-order valence-corrected chi connectivity index (χ1v) is 29.4. The molecule has 0 saturated carbocycles. The maximum absolute atomic E-state index is 12.9. The third kappa shape index (κ3) is 55.6. The van der Waals surface area contributed by atoms with Gasteiger partial charge in [0.2, 0.25) is 0 Å². The van der Waals surface area contributed by atoms with E-state index in [2.05, 4.69) is 93.7 Å². The van der Waals surface area contributed by atoms with Crippen molar-refractivity contribution >= 4 is 17.9 Å². The van der Waals surface area contributed by atoms with Gasteiger partial charge in [-0.2, -0.15) is 0 Å². The summed E-state index contributed by atoms with van der Waals surface area (Å²) < 4.78 is 16.9. The van der Waals surface area contributed by atoms with Gasteiger partial charge in [0, 0.05) is 19.3 Å². The Morgan fingerprint density at radius 2 is 0.522 bits per heavy atom. The highest BCUT2D eigenvalue weighted by Gasteiger charge is 2.19. The molecule has 69 heavy (non-hydrogen) atoms. The summed E-state index contributed by atoms with van der Waals surface area (Å²) in [5, 5.41) is 0. The van der Waals surface area contributed by atoms with Crippen molar-refractivity contribution in [2.75, 3.05) is 13.2 Å². The Labute approximate surface area is 427 Å². The second kappa shape index (κ2) is 57.4. The molecule has 6 nitrogen and oxygen atoms in total. The molecule has 0 bridgehead atoms. The first-order valence-electron chi connectivity index (χ1n) is 29.4. The number of ether oxygens (including phenoxy) is 3. The van der Waals surface area contributed by atoms with E-state index in [0.717, 1.165) is 96.3 Å². The Hall–Kier alpha value is -3.15. The quantitative estimate of drug-likeness (QED) is 0.0262. The molecule has 0 fully saturated rings. The van der Waals surface area contributed by atoms with Gasteiger partial charge < -0.3 is 14.2 Å². The number of allylic oxidation sites excluding steroid dienone is 12. The highest BCUT2D eigenvalue weighted by Crippen LogP contribution is 2.15. The molecular weight excluding hydrogens is 853 g/mol. The number of carbonyl (C=O) groups excluding carboxylic acids is 3. The van der Waals surface area contributed by atoms with Crippen molar-refractivity contribution in [2.24, 2.45) is 0 Å². The summed E-state index contributed by atoms with van der Waals surface area (Å²) in [6.07, 6.45) is 73.1. The van der Waals surface area contributed by atoms with Gasteiger partial charge in [0.15, 0.2) is 6.10 Å². The van der Waals surface area contributed by atoms with E-state index in [-0.39, 0.29) is 31.1 Å². The van der Waals surface area contributed by atoms with E-state index in [1.54, 1.807) is 0 Å². The Morgan fingerprint density at radius 3 is 0.870 bits per heavy atom. The third-order valence-corrected chi connectivity index (χ3v) is 12.7. The monoisotopic (exact) mass is 963 g/mol. The molecule has 398 valence electrons. The second-order valence-electron chi connectivity index (χ2n) is 19.5. The van der Waals surface area contributed by atoms with Gasteiger partial charge in [-0.1, -0.05) is 229 Å². The van der Waals surface area contributed by atoms with Crippen LogP contribution in [0.1, 0.15) is 290 Å². The summed E-state index contributed by atoms with van der Waals surface area (Å²) in [5.41, 5.74) is 0. The Balaban J connectivity index is 4.40. The van der Waals surface area contributed by atoms with Crippen molar-refractivity contribution in [3.8, 4) is 0 Å². The molecule has 0 aliphatic carbocycles. The molecule has 0 aromatic rings. The normalized spacial score (nSPS) is 12.6. The van der Waals surface area contributed by atoms with Crippen LogP contribution in [0.5, 0.6) is 0 Å². The number of carbonyl (C=O) groups is 3. The lowest BCUT2D eigenvalue weighted by atomic mass is 10.1. The van der Waals surface area contributed by atoms with E-state index in [4.69, 9.17) is 14.2 Å². The number of hydrogen-bond acceptors (Lipinski definition) is 6. The van der Waals surface area contributed by atoms with Crippen molar-refractivity contribution in [3.05, 3.63) is 72.9 Å². The summed E-state index contributed by atoms with van der Waals surface area (Å²) >= 11 is 0. The van der Waals surface area contributed by atoms with Gasteiger partial charge in [0.25, 0.3) is 0 Å². The molecule has 1 unspecified atom stereocenters. The zero-order valence-corrected chi connectivity index (χ0v) is 45.6. The lowest BCUT2D eigenvalue weighted by Gasteiger charge is -2.18. The van der Waals surface area contributed by atoms with Gasteiger partial charge in [0.1, 0.15) is 13.2 Å². The summed E-state index contributed by atoms with van der Waals surface area (Å²) in [6, 6.07) is 0. The fourth-order valence-electron chi connectivity index (χ4n) is 8.18. The van der Waals surface area contributed by atoms with Gasteiger partial charge in [-0.25, -0.2) is 0 Å². The first-order chi connectivity index (χ1) is 34.0. The van der Waals surface area contributed by atoms with E-state index in [0.29, 0.717) is 19.3 Å². The highest BCUT2D eigenvalue weighted by molar-refractivity contribution is 5.71. The molecule has 0 amide bonds. The average molecular weight is 964 g/mol. The van der Waals surface area contributed by atoms with Crippen LogP contribution < -0.4 is 0 Å². The van der Waals surface area contributed by atoms with Crippen LogP contribution in [0, 0.1) is 0 Å². The Bertz CT molecular complexity index is 1290. The lowest BCUT2D eigenvalue weighted by molar-refractivity contribution is -0.167. The van der Waals surface area contributed by atoms with E-state index in [1.165, 1.54) is 154 Å². The topological polar surface area (TPSA) is 78.9 Å². The summed E-state index contributed by atoms with van der Waals surface area (Å²) in [4.78, 5) is 38.2. The smallest absolute Gasteiger partial charge is 0.306 e. The Kier molecular flexibility index (Phi) is 54.8. The van der Waals surface area contributed by atoms with Gasteiger partial charge in [0.05, 0.1) is 0 Å². The number of esters is 3. The van der Waals surface area contributed by atoms with Crippen LogP contribution in [0.3, 0.4) is 0 Å². The molecule has 0 spiro atoms. The van der Waals surface area contributed by atoms with Crippen LogP contribution in [0.15, 0.2) is 72.9 Å². The minimum Gasteiger partial charge on any atom is -0.462 e. The van der Waals surface area contributed by atoms with Crippen molar-refractivity contribution in [3.63, 3.8) is 0 Å². The molecule has 0 aliphatic heterocycles. The fourth-order valence-corrected chi connectivity index (χ4v) is 8.18. The molecule has 0 N–H and O–H groups in total. The summed E-state index contributed by atoms with van der Waals surface area (Å²) in [7, 11) is 0. The average Bonchev–Trinajstić information content (AvgIpc) is 3.35. The number of rotatable bonds is 53. The maximum atomic E-state index is 12.9. The van der Waals surface area contributed by atoms with E-state index >= 15 is 0 Å². The predicted octanol–water partition coefficient (Wildman–Crippen LogP) is 19.8. The molecule has 0 radical (unpaired) electrons. The molecule has 0 aromatic heterocycles. The first kappa shape index (κ1) is 65.8. The van der Waals surface area contributed by atoms with Crippen molar-refractivity contribution < 1.29 is 28.6 Å². The van der Waals surface area contributed by atoms with Gasteiger partial charge in [-0.05, 0) is 116 Å². The summed E-state index contributed by atoms with van der Waals surface area (Å²) in [5.74, 6) is -0.907. The van der Waals surface area contributed by atoms with Crippen molar-refractivity contribution in [1.29, 1.82) is 0 Å². The van der Waals surface area contributed by atoms with E-state index in [1.807, 2.05) is 0 Å². The standard InChI is InChI=1S/C63H110O6/c1-4-7-10-13-16-19-22-25-27-29-30-31-32-34-35-38-41-44-47-50-53-56-62(65)68-59-60(58-67-61(64)55-52-49-46-43-40-37-24-21-18-15-12-9-6-3)69-63(66)57-54-51-48-45-42-39-36-33-28-26-23-20-17-14-11-8-5-2/h17,20-22,24-26,28-30,32,34,60H,4-16,18-19,23,27,31,33,35-59H2,1-3H3/b20-17-,24-21-,25-22-,28-26-,30-29-,34-32-. The van der Waals surface area contributed by atoms with Crippen LogP contribution in [0.25, 0.3) is 0 Å². The third-order valence-electron chi connectivity index (χ3n) is 12.7. The molecule has 1 atom stereocenters. The highest BCUT2D eigenvalue weighted by atomic mass is 16.6.